The molecule has 2 aromatic rings. The first-order chi connectivity index (χ1) is 6.74. The van der Waals surface area contributed by atoms with Crippen LogP contribution in [-0.2, 0) is 6.42 Å². The molecule has 0 aliphatic carbocycles. The van der Waals surface area contributed by atoms with Crippen molar-refractivity contribution in [3.8, 4) is 0 Å². The van der Waals surface area contributed by atoms with E-state index >= 15 is 0 Å². The Morgan fingerprint density at radius 2 is 2.00 bits per heavy atom. The molecule has 14 heavy (non-hydrogen) atoms. The van der Waals surface area contributed by atoms with Gasteiger partial charge in [-0.15, -0.1) is 11.3 Å². The Kier molecular flexibility index (Phi) is 2.50. The number of aryl methyl sites for hydroxylation is 1. The molecule has 0 amide bonds. The van der Waals surface area contributed by atoms with E-state index in [1.165, 1.54) is 10.4 Å². The van der Waals surface area contributed by atoms with E-state index in [1.807, 2.05) is 30.5 Å². The van der Waals surface area contributed by atoms with Crippen LogP contribution >= 0.6 is 11.3 Å². The number of aromatic nitrogens is 1. The maximum absolute atomic E-state index is 5.61. The summed E-state index contributed by atoms with van der Waals surface area (Å²) in [4.78, 5) is 5.58. The van der Waals surface area contributed by atoms with Crippen LogP contribution in [0, 0.1) is 6.92 Å². The number of anilines is 1. The summed E-state index contributed by atoms with van der Waals surface area (Å²) < 4.78 is 0. The van der Waals surface area contributed by atoms with Gasteiger partial charge in [-0.2, -0.15) is 0 Å². The van der Waals surface area contributed by atoms with Gasteiger partial charge in [-0.25, -0.2) is 4.98 Å². The van der Waals surface area contributed by atoms with Crippen molar-refractivity contribution in [3.05, 3.63) is 45.9 Å². The highest BCUT2D eigenvalue weighted by Crippen LogP contribution is 2.16. The normalized spacial score (nSPS) is 10.4. The maximum atomic E-state index is 5.61. The van der Waals surface area contributed by atoms with Gasteiger partial charge in [-0.05, 0) is 24.6 Å². The van der Waals surface area contributed by atoms with Gasteiger partial charge in [0, 0.05) is 23.2 Å². The second-order valence-electron chi connectivity index (χ2n) is 3.28. The van der Waals surface area contributed by atoms with Crippen LogP contribution in [0.2, 0.25) is 0 Å². The van der Waals surface area contributed by atoms with Gasteiger partial charge >= 0.3 is 0 Å². The van der Waals surface area contributed by atoms with Crippen molar-refractivity contribution < 1.29 is 0 Å². The van der Waals surface area contributed by atoms with E-state index in [2.05, 4.69) is 11.9 Å². The highest BCUT2D eigenvalue weighted by atomic mass is 32.1. The maximum Gasteiger partial charge on any atom is 0.0971 e. The van der Waals surface area contributed by atoms with Gasteiger partial charge in [0.05, 0.1) is 5.01 Å². The Hall–Kier alpha value is -1.35. The van der Waals surface area contributed by atoms with Crippen molar-refractivity contribution >= 4 is 17.0 Å². The second kappa shape index (κ2) is 3.80. The Bertz CT molecular complexity index is 417. The summed E-state index contributed by atoms with van der Waals surface area (Å²) in [6.07, 6.45) is 2.82. The Balaban J connectivity index is 2.15. The monoisotopic (exact) mass is 204 g/mol. The van der Waals surface area contributed by atoms with Gasteiger partial charge in [0.1, 0.15) is 0 Å². The van der Waals surface area contributed by atoms with Crippen LogP contribution < -0.4 is 5.73 Å². The fourth-order valence-corrected chi connectivity index (χ4v) is 2.11. The van der Waals surface area contributed by atoms with E-state index in [9.17, 15) is 0 Å². The first-order valence-electron chi connectivity index (χ1n) is 4.50. The third-order valence-electron chi connectivity index (χ3n) is 2.00. The van der Waals surface area contributed by atoms with Crippen LogP contribution in [0.4, 0.5) is 5.69 Å². The van der Waals surface area contributed by atoms with E-state index < -0.39 is 0 Å². The molecule has 0 saturated heterocycles. The van der Waals surface area contributed by atoms with Crippen LogP contribution in [0.15, 0.2) is 30.5 Å². The zero-order valence-corrected chi connectivity index (χ0v) is 8.84. The molecule has 1 aromatic carbocycles. The topological polar surface area (TPSA) is 38.9 Å². The number of nitrogens with two attached hydrogens (primary N) is 1. The minimum Gasteiger partial charge on any atom is -0.399 e. The third-order valence-corrected chi connectivity index (χ3v) is 2.92. The fraction of sp³-hybridized carbons (Fsp3) is 0.182. The van der Waals surface area contributed by atoms with Crippen LogP contribution in [-0.4, -0.2) is 4.98 Å². The number of nitrogen functional groups attached to an aromatic ring is 1. The second-order valence-corrected chi connectivity index (χ2v) is 4.60. The molecule has 2 rings (SSSR count). The lowest BCUT2D eigenvalue weighted by atomic mass is 10.1. The highest BCUT2D eigenvalue weighted by molar-refractivity contribution is 7.11. The lowest BCUT2D eigenvalue weighted by molar-refractivity contribution is 1.14. The molecular weight excluding hydrogens is 192 g/mol. The molecule has 1 heterocycles. The van der Waals surface area contributed by atoms with Gasteiger partial charge in [-0.3, -0.25) is 0 Å². The molecule has 1 aromatic heterocycles. The molecular formula is C11H12N2S. The zero-order valence-electron chi connectivity index (χ0n) is 8.03. The molecule has 72 valence electrons. The fourth-order valence-electron chi connectivity index (χ4n) is 1.29. The number of thiazole rings is 1. The van der Waals surface area contributed by atoms with Crippen LogP contribution in [0.3, 0.4) is 0 Å². The van der Waals surface area contributed by atoms with Gasteiger partial charge in [-0.1, -0.05) is 12.1 Å². The average Bonchev–Trinajstić information content (AvgIpc) is 2.56. The zero-order chi connectivity index (χ0) is 9.97. The van der Waals surface area contributed by atoms with Crippen molar-refractivity contribution in [1.82, 2.24) is 4.98 Å². The molecule has 2 nitrogen and oxygen atoms in total. The Morgan fingerprint density at radius 1 is 1.29 bits per heavy atom. The number of hydrogen-bond acceptors (Lipinski definition) is 3. The SMILES string of the molecule is Cc1cnc(Cc2ccc(N)cc2)s1. The molecule has 3 heteroatoms. The van der Waals surface area contributed by atoms with Crippen LogP contribution in [0.5, 0.6) is 0 Å². The standard InChI is InChI=1S/C11H12N2S/c1-8-7-13-11(14-8)6-9-2-4-10(12)5-3-9/h2-5,7H,6,12H2,1H3. The molecule has 2 N–H and O–H groups in total. The molecule has 0 aliphatic rings. The minimum atomic E-state index is 0.809. The Morgan fingerprint density at radius 3 is 2.57 bits per heavy atom. The largest absolute Gasteiger partial charge is 0.399 e. The van der Waals surface area contributed by atoms with Crippen molar-refractivity contribution in [2.75, 3.05) is 5.73 Å². The number of rotatable bonds is 2. The van der Waals surface area contributed by atoms with Crippen molar-refractivity contribution in [3.63, 3.8) is 0 Å². The number of benzene rings is 1. The van der Waals surface area contributed by atoms with Gasteiger partial charge in [0.2, 0.25) is 0 Å². The van der Waals surface area contributed by atoms with Crippen LogP contribution in [0.25, 0.3) is 0 Å². The lowest BCUT2D eigenvalue weighted by Gasteiger charge is -1.98. The summed E-state index contributed by atoms with van der Waals surface area (Å²) in [5.74, 6) is 0. The van der Waals surface area contributed by atoms with E-state index in [1.54, 1.807) is 11.3 Å². The highest BCUT2D eigenvalue weighted by Gasteiger charge is 2.00. The lowest BCUT2D eigenvalue weighted by Crippen LogP contribution is -1.88. The first kappa shape index (κ1) is 9.21. The van der Waals surface area contributed by atoms with Gasteiger partial charge in [0.15, 0.2) is 0 Å². The summed E-state index contributed by atoms with van der Waals surface area (Å²) in [7, 11) is 0. The summed E-state index contributed by atoms with van der Waals surface area (Å²) in [6, 6.07) is 7.95. The van der Waals surface area contributed by atoms with Gasteiger partial charge < -0.3 is 5.73 Å². The summed E-state index contributed by atoms with van der Waals surface area (Å²) in [5.41, 5.74) is 7.68. The van der Waals surface area contributed by atoms with Crippen molar-refractivity contribution in [2.45, 2.75) is 13.3 Å². The minimum absolute atomic E-state index is 0.809. The molecule has 0 saturated carbocycles. The van der Waals surface area contributed by atoms with E-state index in [4.69, 9.17) is 5.73 Å². The summed E-state index contributed by atoms with van der Waals surface area (Å²) >= 11 is 1.74. The smallest absolute Gasteiger partial charge is 0.0971 e. The molecule has 0 spiro atoms. The van der Waals surface area contributed by atoms with E-state index in [0.717, 1.165) is 17.1 Å². The van der Waals surface area contributed by atoms with Crippen molar-refractivity contribution in [1.29, 1.82) is 0 Å². The predicted octanol–water partition coefficient (Wildman–Crippen LogP) is 2.62. The van der Waals surface area contributed by atoms with E-state index in [-0.39, 0.29) is 0 Å². The third kappa shape index (κ3) is 2.12. The van der Waals surface area contributed by atoms with Crippen LogP contribution in [0.1, 0.15) is 15.4 Å². The molecule has 0 aliphatic heterocycles. The van der Waals surface area contributed by atoms with E-state index in [0.29, 0.717) is 0 Å². The summed E-state index contributed by atoms with van der Waals surface area (Å²) in [5, 5.41) is 1.16. The quantitative estimate of drug-likeness (QED) is 0.764. The molecule has 0 atom stereocenters. The first-order valence-corrected chi connectivity index (χ1v) is 5.31. The predicted molar refractivity (Wildman–Crippen MR) is 60.5 cm³/mol. The molecule has 0 bridgehead atoms. The number of hydrogen-bond donors (Lipinski definition) is 1. The molecule has 0 unspecified atom stereocenters. The molecule has 0 fully saturated rings. The van der Waals surface area contributed by atoms with Crippen molar-refractivity contribution in [2.24, 2.45) is 0 Å². The van der Waals surface area contributed by atoms with Gasteiger partial charge in [0.25, 0.3) is 0 Å². The Labute approximate surface area is 87.4 Å². The average molecular weight is 204 g/mol. The summed E-state index contributed by atoms with van der Waals surface area (Å²) in [6.45, 7) is 2.07. The molecule has 0 radical (unpaired) electrons. The number of nitrogens with zero attached hydrogens (tertiary/aromatic N) is 1.